The number of hydrogen-bond acceptors (Lipinski definition) is 9. The van der Waals surface area contributed by atoms with Crippen LogP contribution in [0.4, 0.5) is 11.9 Å². The van der Waals surface area contributed by atoms with E-state index < -0.39 is 6.10 Å². The van der Waals surface area contributed by atoms with Crippen LogP contribution in [0.25, 0.3) is 17.6 Å². The largest absolute Gasteiger partial charge is 0.497 e. The van der Waals surface area contributed by atoms with Gasteiger partial charge in [-0.15, -0.1) is 0 Å². The summed E-state index contributed by atoms with van der Waals surface area (Å²) in [4.78, 5) is 26.3. The molecule has 0 saturated carbocycles. The minimum Gasteiger partial charge on any atom is -0.497 e. The van der Waals surface area contributed by atoms with E-state index in [1.54, 1.807) is 13.2 Å². The molecule has 1 aliphatic rings. The maximum atomic E-state index is 10.8. The lowest BCUT2D eigenvalue weighted by molar-refractivity contribution is -0.104. The van der Waals surface area contributed by atoms with Gasteiger partial charge in [0.05, 0.1) is 13.2 Å². The fraction of sp³-hybridized carbons (Fsp3) is 0.286. The molecule has 1 aromatic carbocycles. The van der Waals surface area contributed by atoms with Crippen LogP contribution in [-0.2, 0) is 11.3 Å². The van der Waals surface area contributed by atoms with Gasteiger partial charge in [0.2, 0.25) is 11.9 Å². The van der Waals surface area contributed by atoms with E-state index in [4.69, 9.17) is 4.74 Å². The number of aromatic nitrogens is 5. The second-order valence-corrected chi connectivity index (χ2v) is 7.15. The first-order valence-electron chi connectivity index (χ1n) is 9.80. The summed E-state index contributed by atoms with van der Waals surface area (Å²) >= 11 is 0. The molecule has 3 aromatic rings. The minimum absolute atomic E-state index is 0.374. The van der Waals surface area contributed by atoms with Crippen molar-refractivity contribution in [2.45, 2.75) is 19.6 Å². The lowest BCUT2D eigenvalue weighted by Crippen LogP contribution is -2.51. The van der Waals surface area contributed by atoms with E-state index in [1.165, 1.54) is 6.08 Å². The number of aryl methyl sites for hydroxylation is 1. The van der Waals surface area contributed by atoms with Crippen molar-refractivity contribution in [2.75, 3.05) is 30.4 Å². The summed E-state index contributed by atoms with van der Waals surface area (Å²) in [5, 5.41) is 20.1. The Bertz CT molecular complexity index is 1090. The Morgan fingerprint density at radius 3 is 2.71 bits per heavy atom. The van der Waals surface area contributed by atoms with Crippen LogP contribution in [0.3, 0.4) is 0 Å². The number of benzene rings is 1. The second kappa shape index (κ2) is 8.92. The van der Waals surface area contributed by atoms with E-state index in [-0.39, 0.29) is 0 Å². The molecule has 4 rings (SSSR count). The van der Waals surface area contributed by atoms with Gasteiger partial charge >= 0.3 is 0 Å². The first-order chi connectivity index (χ1) is 15.1. The molecular weight excluding hydrogens is 398 g/mol. The maximum Gasteiger partial charge on any atom is 0.230 e. The Kier molecular flexibility index (Phi) is 5.89. The molecule has 0 unspecified atom stereocenters. The van der Waals surface area contributed by atoms with Gasteiger partial charge < -0.3 is 20.1 Å². The zero-order valence-electron chi connectivity index (χ0n) is 17.2. The number of nitrogens with zero attached hydrogens (tertiary/aromatic N) is 5. The summed E-state index contributed by atoms with van der Waals surface area (Å²) in [5.41, 5.74) is 3.08. The second-order valence-electron chi connectivity index (χ2n) is 7.15. The van der Waals surface area contributed by atoms with Gasteiger partial charge in [-0.1, -0.05) is 12.1 Å². The quantitative estimate of drug-likeness (QED) is 0.367. The number of methoxy groups -OCH3 is 1. The van der Waals surface area contributed by atoms with Crippen LogP contribution in [0.15, 0.2) is 30.3 Å². The fourth-order valence-corrected chi connectivity index (χ4v) is 3.18. The summed E-state index contributed by atoms with van der Waals surface area (Å²) in [6.45, 7) is 3.28. The number of ether oxygens (including phenoxy) is 1. The SMILES string of the molecule is COc1ccc(CNc2nc(-c3n[nH]c(C)c3C=CC=O)nc(N3CC(O)C3)n2)cc1. The van der Waals surface area contributed by atoms with Gasteiger partial charge in [-0.25, -0.2) is 0 Å². The van der Waals surface area contributed by atoms with Crippen LogP contribution in [0.1, 0.15) is 16.8 Å². The van der Waals surface area contributed by atoms with Gasteiger partial charge in [0.1, 0.15) is 17.7 Å². The Hall–Kier alpha value is -3.79. The summed E-state index contributed by atoms with van der Waals surface area (Å²) < 4.78 is 5.19. The highest BCUT2D eigenvalue weighted by atomic mass is 16.5. The maximum absolute atomic E-state index is 10.8. The first kappa shape index (κ1) is 20.5. The van der Waals surface area contributed by atoms with E-state index in [0.29, 0.717) is 49.3 Å². The Balaban J connectivity index is 1.64. The number of carbonyl (C=O) groups is 1. The van der Waals surface area contributed by atoms with E-state index >= 15 is 0 Å². The van der Waals surface area contributed by atoms with Crippen molar-refractivity contribution >= 4 is 24.3 Å². The van der Waals surface area contributed by atoms with Crippen LogP contribution in [0.5, 0.6) is 5.75 Å². The molecule has 10 nitrogen and oxygen atoms in total. The Morgan fingerprint density at radius 2 is 2.03 bits per heavy atom. The third-order valence-electron chi connectivity index (χ3n) is 4.93. The van der Waals surface area contributed by atoms with E-state index in [1.807, 2.05) is 36.1 Å². The summed E-state index contributed by atoms with van der Waals surface area (Å²) in [5.74, 6) is 2.01. The zero-order valence-corrected chi connectivity index (χ0v) is 17.2. The van der Waals surface area contributed by atoms with Crippen molar-refractivity contribution in [3.05, 3.63) is 47.2 Å². The van der Waals surface area contributed by atoms with Gasteiger partial charge in [-0.2, -0.15) is 20.1 Å². The summed E-state index contributed by atoms with van der Waals surface area (Å²) in [6, 6.07) is 7.70. The number of hydrogen-bond donors (Lipinski definition) is 3. The molecule has 0 radical (unpaired) electrons. The molecule has 0 amide bonds. The molecule has 1 aliphatic heterocycles. The number of carbonyl (C=O) groups excluding carboxylic acids is 1. The van der Waals surface area contributed by atoms with Crippen molar-refractivity contribution in [1.29, 1.82) is 0 Å². The molecule has 10 heteroatoms. The number of β-amino-alcohol motifs (C(OH)–C–C–N with tert-alkyl or cyclic N) is 1. The predicted octanol–water partition coefficient (Wildman–Crippen LogP) is 1.58. The van der Waals surface area contributed by atoms with Crippen LogP contribution >= 0.6 is 0 Å². The highest BCUT2D eigenvalue weighted by Gasteiger charge is 2.28. The average Bonchev–Trinajstić information content (AvgIpc) is 3.14. The lowest BCUT2D eigenvalue weighted by Gasteiger charge is -2.35. The van der Waals surface area contributed by atoms with Gasteiger partial charge in [-0.05, 0) is 36.8 Å². The topological polar surface area (TPSA) is 129 Å². The minimum atomic E-state index is -0.394. The predicted molar refractivity (Wildman–Crippen MR) is 116 cm³/mol. The summed E-state index contributed by atoms with van der Waals surface area (Å²) in [7, 11) is 1.63. The van der Waals surface area contributed by atoms with E-state index in [0.717, 1.165) is 22.6 Å². The first-order valence-corrected chi connectivity index (χ1v) is 9.80. The third kappa shape index (κ3) is 4.53. The number of aromatic amines is 1. The highest BCUT2D eigenvalue weighted by Crippen LogP contribution is 2.26. The number of rotatable bonds is 8. The van der Waals surface area contributed by atoms with Crippen molar-refractivity contribution in [3.63, 3.8) is 0 Å². The van der Waals surface area contributed by atoms with Gasteiger partial charge in [-0.3, -0.25) is 9.89 Å². The average molecular weight is 421 g/mol. The van der Waals surface area contributed by atoms with E-state index in [9.17, 15) is 9.90 Å². The number of nitrogens with one attached hydrogen (secondary N) is 2. The standard InChI is InChI=1S/C21H23N7O3/c1-13-17(4-3-9-29)18(27-26-13)19-23-20(25-21(24-19)28-11-15(30)12-28)22-10-14-5-7-16(31-2)8-6-14/h3-9,15,30H,10-12H2,1-2H3,(H,26,27)(H,22,23,24,25). The molecule has 0 spiro atoms. The Morgan fingerprint density at radius 1 is 1.26 bits per heavy atom. The highest BCUT2D eigenvalue weighted by molar-refractivity contribution is 5.79. The zero-order chi connectivity index (χ0) is 21.8. The van der Waals surface area contributed by atoms with Crippen LogP contribution in [-0.4, -0.2) is 62.8 Å². The number of aldehydes is 1. The monoisotopic (exact) mass is 421 g/mol. The molecule has 1 saturated heterocycles. The fourth-order valence-electron chi connectivity index (χ4n) is 3.18. The molecule has 1 fully saturated rings. The van der Waals surface area contributed by atoms with Crippen molar-refractivity contribution < 1.29 is 14.6 Å². The molecule has 160 valence electrons. The number of anilines is 2. The van der Waals surface area contributed by atoms with Crippen molar-refractivity contribution in [1.82, 2.24) is 25.1 Å². The number of aliphatic hydroxyl groups is 1. The Labute approximate surface area is 179 Å². The summed E-state index contributed by atoms with van der Waals surface area (Å²) in [6.07, 6.45) is 3.38. The molecule has 2 aromatic heterocycles. The molecule has 0 bridgehead atoms. The normalized spacial score (nSPS) is 14.0. The van der Waals surface area contributed by atoms with Crippen molar-refractivity contribution in [2.24, 2.45) is 0 Å². The van der Waals surface area contributed by atoms with Gasteiger partial charge in [0, 0.05) is 30.9 Å². The smallest absolute Gasteiger partial charge is 0.230 e. The molecule has 3 N–H and O–H groups in total. The third-order valence-corrected chi connectivity index (χ3v) is 4.93. The number of H-pyrrole nitrogens is 1. The number of aliphatic hydroxyl groups excluding tert-OH is 1. The van der Waals surface area contributed by atoms with Gasteiger partial charge in [0.25, 0.3) is 0 Å². The van der Waals surface area contributed by atoms with E-state index in [2.05, 4.69) is 30.5 Å². The molecule has 0 aliphatic carbocycles. The molecule has 31 heavy (non-hydrogen) atoms. The molecule has 3 heterocycles. The lowest BCUT2D eigenvalue weighted by atomic mass is 10.1. The van der Waals surface area contributed by atoms with Crippen LogP contribution < -0.4 is 15.0 Å². The van der Waals surface area contributed by atoms with Crippen molar-refractivity contribution in [3.8, 4) is 17.3 Å². The number of allylic oxidation sites excluding steroid dienone is 1. The molecular formula is C21H23N7O3. The van der Waals surface area contributed by atoms with Crippen LogP contribution in [0.2, 0.25) is 0 Å². The van der Waals surface area contributed by atoms with Crippen LogP contribution in [0, 0.1) is 6.92 Å². The van der Waals surface area contributed by atoms with Gasteiger partial charge in [0.15, 0.2) is 5.82 Å². The molecule has 0 atom stereocenters.